The average Bonchev–Trinajstić information content (AvgIpc) is 3.00. The maximum atomic E-state index is 11.5. The van der Waals surface area contributed by atoms with Crippen LogP contribution in [-0.2, 0) is 14.3 Å². The summed E-state index contributed by atoms with van der Waals surface area (Å²) in [6.45, 7) is 0. The summed E-state index contributed by atoms with van der Waals surface area (Å²) >= 11 is 0. The Kier molecular flexibility index (Phi) is 5.90. The van der Waals surface area contributed by atoms with Crippen molar-refractivity contribution in [3.05, 3.63) is 71.3 Å². The van der Waals surface area contributed by atoms with Crippen LogP contribution in [0.15, 0.2) is 54.6 Å². The molecule has 3 rings (SSSR count). The molecule has 2 N–H and O–H groups in total. The Hall–Kier alpha value is -3.09. The zero-order chi connectivity index (χ0) is 19.2. The number of carbonyl (C=O) groups is 1. The summed E-state index contributed by atoms with van der Waals surface area (Å²) in [5.74, 6) is 11.0. The smallest absolute Gasteiger partial charge is 0.337 e. The van der Waals surface area contributed by atoms with Crippen LogP contribution in [0.3, 0.4) is 0 Å². The molecular weight excluding hydrogens is 344 g/mol. The fraction of sp³-hybridized carbons (Fsp3) is 0.227. The lowest BCUT2D eigenvalue weighted by Crippen LogP contribution is -2.36. The van der Waals surface area contributed by atoms with E-state index in [0.29, 0.717) is 5.56 Å². The predicted molar refractivity (Wildman–Crippen MR) is 98.4 cm³/mol. The van der Waals surface area contributed by atoms with Gasteiger partial charge >= 0.3 is 5.97 Å². The van der Waals surface area contributed by atoms with Crippen LogP contribution >= 0.6 is 0 Å². The molecule has 5 heteroatoms. The molecule has 27 heavy (non-hydrogen) atoms. The van der Waals surface area contributed by atoms with Gasteiger partial charge in [-0.25, -0.2) is 4.79 Å². The van der Waals surface area contributed by atoms with Crippen LogP contribution in [0.4, 0.5) is 0 Å². The first kappa shape index (κ1) is 18.7. The number of hydrogen-bond acceptors (Lipinski definition) is 5. The molecule has 2 aromatic rings. The van der Waals surface area contributed by atoms with E-state index in [1.165, 1.54) is 7.11 Å². The van der Waals surface area contributed by atoms with Crippen molar-refractivity contribution in [3.8, 4) is 23.7 Å². The largest absolute Gasteiger partial charge is 0.467 e. The molecule has 0 radical (unpaired) electrons. The van der Waals surface area contributed by atoms with E-state index in [9.17, 15) is 15.0 Å². The molecule has 1 heterocycles. The molecule has 0 saturated carbocycles. The van der Waals surface area contributed by atoms with Crippen molar-refractivity contribution in [2.75, 3.05) is 7.11 Å². The third-order valence-corrected chi connectivity index (χ3v) is 4.07. The average molecular weight is 362 g/mol. The zero-order valence-electron chi connectivity index (χ0n) is 14.6. The number of aliphatic hydroxyl groups is 2. The molecule has 1 aliphatic rings. The van der Waals surface area contributed by atoms with Crippen LogP contribution in [0.2, 0.25) is 0 Å². The van der Waals surface area contributed by atoms with Gasteiger partial charge in [0.25, 0.3) is 0 Å². The monoisotopic (exact) mass is 362 g/mol. The van der Waals surface area contributed by atoms with Crippen molar-refractivity contribution in [2.24, 2.45) is 0 Å². The molecule has 5 nitrogen and oxygen atoms in total. The maximum Gasteiger partial charge on any atom is 0.337 e. The first-order chi connectivity index (χ1) is 13.1. The van der Waals surface area contributed by atoms with Crippen molar-refractivity contribution in [2.45, 2.75) is 24.4 Å². The first-order valence-corrected chi connectivity index (χ1v) is 8.36. The molecule has 1 aliphatic heterocycles. The second-order valence-corrected chi connectivity index (χ2v) is 5.94. The summed E-state index contributed by atoms with van der Waals surface area (Å²) in [6.07, 6.45) is -4.86. The summed E-state index contributed by atoms with van der Waals surface area (Å²) < 4.78 is 9.84. The van der Waals surface area contributed by atoms with E-state index in [0.717, 1.165) is 11.1 Å². The van der Waals surface area contributed by atoms with E-state index >= 15 is 0 Å². The highest BCUT2D eigenvalue weighted by atomic mass is 16.6. The van der Waals surface area contributed by atoms with E-state index in [1.54, 1.807) is 12.1 Å². The van der Waals surface area contributed by atoms with Gasteiger partial charge in [0.15, 0.2) is 6.10 Å². The normalized spacial score (nSPS) is 23.5. The molecule has 0 spiro atoms. The molecule has 136 valence electrons. The van der Waals surface area contributed by atoms with Crippen LogP contribution in [0.1, 0.15) is 16.7 Å². The van der Waals surface area contributed by atoms with Crippen LogP contribution in [0, 0.1) is 23.7 Å². The Morgan fingerprint density at radius 2 is 1.44 bits per heavy atom. The third-order valence-electron chi connectivity index (χ3n) is 4.07. The Balaban J connectivity index is 1.68. The summed E-state index contributed by atoms with van der Waals surface area (Å²) in [6, 6.07) is 17.0. The minimum atomic E-state index is -1.37. The molecule has 1 fully saturated rings. The quantitative estimate of drug-likeness (QED) is 0.587. The summed E-state index contributed by atoms with van der Waals surface area (Å²) in [7, 11) is 1.19. The number of carbonyl (C=O) groups excluding carboxylic acids is 1. The van der Waals surface area contributed by atoms with Crippen LogP contribution in [0.5, 0.6) is 0 Å². The molecule has 0 aliphatic carbocycles. The number of hydrogen-bond donors (Lipinski definition) is 2. The van der Waals surface area contributed by atoms with Gasteiger partial charge in [0.1, 0.15) is 18.3 Å². The minimum absolute atomic E-state index is 0.701. The lowest BCUT2D eigenvalue weighted by Gasteiger charge is -2.10. The predicted octanol–water partition coefficient (Wildman–Crippen LogP) is 1.10. The molecule has 2 aromatic carbocycles. The molecular formula is C22H18O5. The zero-order valence-corrected chi connectivity index (χ0v) is 14.6. The summed E-state index contributed by atoms with van der Waals surface area (Å²) in [5.41, 5.74) is 2.49. The van der Waals surface area contributed by atoms with Crippen LogP contribution in [-0.4, -0.2) is 47.7 Å². The fourth-order valence-corrected chi connectivity index (χ4v) is 2.56. The van der Waals surface area contributed by atoms with Crippen LogP contribution in [0.25, 0.3) is 0 Å². The summed E-state index contributed by atoms with van der Waals surface area (Å²) in [4.78, 5) is 11.5. The van der Waals surface area contributed by atoms with Gasteiger partial charge in [-0.05, 0) is 36.4 Å². The molecule has 0 amide bonds. The number of ether oxygens (including phenoxy) is 2. The third kappa shape index (κ3) is 4.55. The topological polar surface area (TPSA) is 76.0 Å². The van der Waals surface area contributed by atoms with E-state index in [2.05, 4.69) is 28.4 Å². The summed E-state index contributed by atoms with van der Waals surface area (Å²) in [5, 5.41) is 19.8. The molecule has 0 bridgehead atoms. The highest BCUT2D eigenvalue weighted by Gasteiger charge is 2.46. The van der Waals surface area contributed by atoms with Gasteiger partial charge in [-0.2, -0.15) is 0 Å². The highest BCUT2D eigenvalue weighted by Crippen LogP contribution is 2.22. The molecule has 1 saturated heterocycles. The standard InChI is InChI=1S/C22H18O5/c1-26-22(25)21-20(24)19(23)18(27-21)14-13-17-11-9-16(10-12-17)8-7-15-5-3-2-4-6-15/h2-6,9-12,18-21,23-24H,1H3/t18-,19-,20-,21+/m1/s1. The van der Waals surface area contributed by atoms with Crippen molar-refractivity contribution < 1.29 is 24.5 Å². The van der Waals surface area contributed by atoms with Crippen molar-refractivity contribution in [1.29, 1.82) is 0 Å². The Labute approximate surface area is 157 Å². The van der Waals surface area contributed by atoms with Crippen molar-refractivity contribution >= 4 is 5.97 Å². The number of rotatable bonds is 1. The van der Waals surface area contributed by atoms with Gasteiger partial charge in [-0.3, -0.25) is 0 Å². The molecule has 4 atom stereocenters. The van der Waals surface area contributed by atoms with Gasteiger partial charge in [0.05, 0.1) is 7.11 Å². The number of methoxy groups -OCH3 is 1. The molecule has 0 unspecified atom stereocenters. The van der Waals surface area contributed by atoms with E-state index in [1.807, 2.05) is 42.5 Å². The van der Waals surface area contributed by atoms with E-state index in [-0.39, 0.29) is 0 Å². The van der Waals surface area contributed by atoms with Crippen molar-refractivity contribution in [3.63, 3.8) is 0 Å². The van der Waals surface area contributed by atoms with Gasteiger partial charge in [-0.1, -0.05) is 41.9 Å². The number of aliphatic hydroxyl groups excluding tert-OH is 2. The maximum absolute atomic E-state index is 11.5. The first-order valence-electron chi connectivity index (χ1n) is 8.36. The molecule has 0 aromatic heterocycles. The minimum Gasteiger partial charge on any atom is -0.467 e. The lowest BCUT2D eigenvalue weighted by molar-refractivity contribution is -0.156. The van der Waals surface area contributed by atoms with Gasteiger partial charge in [0.2, 0.25) is 0 Å². The van der Waals surface area contributed by atoms with Gasteiger partial charge in [0, 0.05) is 16.7 Å². The Bertz CT molecular complexity index is 912. The number of esters is 1. The Morgan fingerprint density at radius 1 is 0.889 bits per heavy atom. The Morgan fingerprint density at radius 3 is 2.04 bits per heavy atom. The highest BCUT2D eigenvalue weighted by molar-refractivity contribution is 5.76. The fourth-order valence-electron chi connectivity index (χ4n) is 2.56. The number of benzene rings is 2. The van der Waals surface area contributed by atoms with Crippen molar-refractivity contribution in [1.82, 2.24) is 0 Å². The SMILES string of the molecule is COC(=O)[C@H]1O[C@H](C#Cc2ccc(C#Cc3ccccc3)cc2)[C@@H](O)[C@H]1O. The van der Waals surface area contributed by atoms with E-state index < -0.39 is 30.4 Å². The van der Waals surface area contributed by atoms with Gasteiger partial charge < -0.3 is 19.7 Å². The van der Waals surface area contributed by atoms with Crippen LogP contribution < -0.4 is 0 Å². The lowest BCUT2D eigenvalue weighted by atomic mass is 10.1. The van der Waals surface area contributed by atoms with E-state index in [4.69, 9.17) is 4.74 Å². The second kappa shape index (κ2) is 8.53. The van der Waals surface area contributed by atoms with Gasteiger partial charge in [-0.15, -0.1) is 0 Å². The second-order valence-electron chi connectivity index (χ2n) is 5.94.